The Morgan fingerprint density at radius 1 is 1.00 bits per heavy atom. The number of unbranched alkanes of at least 4 members (excludes halogenated alkanes) is 1. The van der Waals surface area contributed by atoms with Crippen molar-refractivity contribution in [2.75, 3.05) is 10.6 Å². The third-order valence-electron chi connectivity index (χ3n) is 5.61. The molecule has 0 bridgehead atoms. The van der Waals surface area contributed by atoms with Crippen molar-refractivity contribution in [2.45, 2.75) is 32.6 Å². The van der Waals surface area contributed by atoms with Crippen LogP contribution in [0.25, 0.3) is 16.5 Å². The molecule has 4 rings (SSSR count). The molecule has 1 aromatic heterocycles. The molecule has 10 heteroatoms. The van der Waals surface area contributed by atoms with Gasteiger partial charge in [0.25, 0.3) is 0 Å². The number of primary amides is 1. The van der Waals surface area contributed by atoms with Crippen LogP contribution < -0.4 is 16.4 Å². The van der Waals surface area contributed by atoms with E-state index < -0.39 is 35.1 Å². The lowest BCUT2D eigenvalue weighted by molar-refractivity contribution is -0.117. The Balaban J connectivity index is 1.72. The number of amides is 3. The van der Waals surface area contributed by atoms with Gasteiger partial charge in [0.1, 0.15) is 5.82 Å². The number of fused-ring (bicyclic) bond motifs is 1. The second-order valence-electron chi connectivity index (χ2n) is 8.31. The highest BCUT2D eigenvalue weighted by atomic mass is 19.2. The third kappa shape index (κ3) is 5.32. The Kier molecular flexibility index (Phi) is 7.23. The maximum atomic E-state index is 14.0. The fourth-order valence-electron chi connectivity index (χ4n) is 3.92. The number of aromatic nitrogens is 2. The number of nitrogens with two attached hydrogens (primary N) is 1. The number of nitrogens with one attached hydrogen (secondary N) is 2. The largest absolute Gasteiger partial charge is 0.369 e. The van der Waals surface area contributed by atoms with Crippen LogP contribution in [0.15, 0.2) is 54.6 Å². The van der Waals surface area contributed by atoms with Gasteiger partial charge in [-0.2, -0.15) is 5.10 Å². The molecule has 0 aliphatic heterocycles. The number of nitrogens with zero attached hydrogens (tertiary/aromatic N) is 2. The van der Waals surface area contributed by atoms with E-state index >= 15 is 0 Å². The highest BCUT2D eigenvalue weighted by Crippen LogP contribution is 2.27. The summed E-state index contributed by atoms with van der Waals surface area (Å²) in [6.45, 7) is 2.04. The van der Waals surface area contributed by atoms with Crippen LogP contribution in [0.3, 0.4) is 0 Å². The van der Waals surface area contributed by atoms with E-state index in [1.54, 1.807) is 12.1 Å². The first-order chi connectivity index (χ1) is 17.3. The summed E-state index contributed by atoms with van der Waals surface area (Å²) in [6.07, 6.45) is 2.47. The fourth-order valence-corrected chi connectivity index (χ4v) is 3.92. The van der Waals surface area contributed by atoms with E-state index in [2.05, 4.69) is 15.7 Å². The lowest BCUT2D eigenvalue weighted by Crippen LogP contribution is -2.22. The Hall–Kier alpha value is -4.34. The predicted octanol–water partition coefficient (Wildman–Crippen LogP) is 5.46. The SMILES string of the molecule is CCCCc1cc(NC(=O)Nc2ccc(F)c(F)c2F)n(-c2cc(CC(N)=O)c3ccccc3c2)n1. The smallest absolute Gasteiger partial charge is 0.324 e. The fraction of sp³-hybridized carbons (Fsp3) is 0.192. The number of anilines is 2. The summed E-state index contributed by atoms with van der Waals surface area (Å²) >= 11 is 0. The molecule has 0 spiro atoms. The van der Waals surface area contributed by atoms with Gasteiger partial charge in [0.05, 0.1) is 23.5 Å². The van der Waals surface area contributed by atoms with Crippen molar-refractivity contribution in [3.63, 3.8) is 0 Å². The van der Waals surface area contributed by atoms with Gasteiger partial charge in [-0.15, -0.1) is 0 Å². The molecule has 0 radical (unpaired) electrons. The summed E-state index contributed by atoms with van der Waals surface area (Å²) in [5, 5.41) is 11.1. The molecule has 1 heterocycles. The van der Waals surface area contributed by atoms with Crippen LogP contribution in [0.1, 0.15) is 31.0 Å². The zero-order valence-corrected chi connectivity index (χ0v) is 19.4. The van der Waals surface area contributed by atoms with Gasteiger partial charge >= 0.3 is 6.03 Å². The quantitative estimate of drug-likeness (QED) is 0.283. The number of carbonyl (C=O) groups is 2. The number of urea groups is 1. The zero-order valence-electron chi connectivity index (χ0n) is 19.4. The van der Waals surface area contributed by atoms with E-state index in [1.807, 2.05) is 37.3 Å². The third-order valence-corrected chi connectivity index (χ3v) is 5.61. The van der Waals surface area contributed by atoms with Crippen molar-refractivity contribution in [3.8, 4) is 5.69 Å². The summed E-state index contributed by atoms with van der Waals surface area (Å²) in [6, 6.07) is 13.6. The molecule has 7 nitrogen and oxygen atoms in total. The van der Waals surface area contributed by atoms with Gasteiger partial charge in [0, 0.05) is 6.07 Å². The summed E-state index contributed by atoms with van der Waals surface area (Å²) < 4.78 is 42.3. The van der Waals surface area contributed by atoms with Crippen LogP contribution in [-0.2, 0) is 17.6 Å². The van der Waals surface area contributed by atoms with Crippen LogP contribution in [0.4, 0.5) is 29.5 Å². The van der Waals surface area contributed by atoms with Crippen molar-refractivity contribution >= 4 is 34.2 Å². The molecule has 4 N–H and O–H groups in total. The van der Waals surface area contributed by atoms with Gasteiger partial charge in [-0.1, -0.05) is 37.6 Å². The van der Waals surface area contributed by atoms with Crippen LogP contribution in [0, 0.1) is 17.5 Å². The molecule has 0 unspecified atom stereocenters. The van der Waals surface area contributed by atoms with Crippen LogP contribution in [-0.4, -0.2) is 21.7 Å². The van der Waals surface area contributed by atoms with Gasteiger partial charge in [-0.05, 0) is 53.4 Å². The monoisotopic (exact) mass is 495 g/mol. The van der Waals surface area contributed by atoms with Crippen molar-refractivity contribution in [1.82, 2.24) is 9.78 Å². The van der Waals surface area contributed by atoms with Gasteiger partial charge < -0.3 is 11.1 Å². The number of hydrogen-bond donors (Lipinski definition) is 3. The zero-order chi connectivity index (χ0) is 25.8. The molecule has 0 saturated carbocycles. The highest BCUT2D eigenvalue weighted by Gasteiger charge is 2.18. The lowest BCUT2D eigenvalue weighted by Gasteiger charge is -2.13. The molecule has 0 fully saturated rings. The minimum atomic E-state index is -1.68. The number of hydrogen-bond acceptors (Lipinski definition) is 3. The van der Waals surface area contributed by atoms with Crippen LogP contribution in [0.2, 0.25) is 0 Å². The molecule has 0 atom stereocenters. The topological polar surface area (TPSA) is 102 Å². The molecule has 0 saturated heterocycles. The van der Waals surface area contributed by atoms with Crippen molar-refractivity contribution in [3.05, 3.63) is 83.3 Å². The normalized spacial score (nSPS) is 11.0. The minimum absolute atomic E-state index is 0.0109. The molecule has 0 aliphatic rings. The summed E-state index contributed by atoms with van der Waals surface area (Å²) in [7, 11) is 0. The van der Waals surface area contributed by atoms with E-state index in [0.717, 1.165) is 35.7 Å². The van der Waals surface area contributed by atoms with Gasteiger partial charge in [-0.3, -0.25) is 10.1 Å². The Morgan fingerprint density at radius 3 is 2.53 bits per heavy atom. The number of carbonyl (C=O) groups excluding carboxylic acids is 2. The highest BCUT2D eigenvalue weighted by molar-refractivity contribution is 5.99. The first-order valence-corrected chi connectivity index (χ1v) is 11.4. The average molecular weight is 496 g/mol. The number of rotatable bonds is 8. The van der Waals surface area contributed by atoms with Crippen molar-refractivity contribution in [1.29, 1.82) is 0 Å². The van der Waals surface area contributed by atoms with Gasteiger partial charge in [0.15, 0.2) is 17.5 Å². The van der Waals surface area contributed by atoms with E-state index in [-0.39, 0.29) is 12.2 Å². The lowest BCUT2D eigenvalue weighted by atomic mass is 10.0. The van der Waals surface area contributed by atoms with Crippen LogP contribution in [0.5, 0.6) is 0 Å². The maximum Gasteiger partial charge on any atom is 0.324 e. The molecular formula is C26H24F3N5O2. The summed E-state index contributed by atoms with van der Waals surface area (Å²) in [4.78, 5) is 24.3. The minimum Gasteiger partial charge on any atom is -0.369 e. The predicted molar refractivity (Wildman–Crippen MR) is 132 cm³/mol. The first kappa shape index (κ1) is 24.8. The standard InChI is InChI=1S/C26H24F3N5O2/c1-2-3-7-17-14-23(32-26(36)31-21-10-9-20(27)24(28)25(21)29)34(33-17)18-11-15-6-4-5-8-19(15)16(12-18)13-22(30)35/h4-6,8-12,14H,2-3,7,13H2,1H3,(H2,30,35)(H2,31,32,36). The Bertz CT molecular complexity index is 1450. The van der Waals surface area contributed by atoms with Gasteiger partial charge in [-0.25, -0.2) is 22.6 Å². The van der Waals surface area contributed by atoms with Crippen LogP contribution >= 0.6 is 0 Å². The summed E-state index contributed by atoms with van der Waals surface area (Å²) in [5.74, 6) is -4.78. The summed E-state index contributed by atoms with van der Waals surface area (Å²) in [5.41, 5.74) is 6.91. The number of aryl methyl sites for hydroxylation is 1. The Labute approximate surface area is 205 Å². The molecule has 186 valence electrons. The average Bonchev–Trinajstić information content (AvgIpc) is 3.25. The molecular weight excluding hydrogens is 471 g/mol. The molecule has 36 heavy (non-hydrogen) atoms. The van der Waals surface area contributed by atoms with E-state index in [4.69, 9.17) is 5.73 Å². The molecule has 4 aromatic rings. The molecule has 0 aliphatic carbocycles. The molecule has 3 aromatic carbocycles. The Morgan fingerprint density at radius 2 is 1.78 bits per heavy atom. The maximum absolute atomic E-state index is 14.0. The number of halogens is 3. The van der Waals surface area contributed by atoms with E-state index in [0.29, 0.717) is 23.4 Å². The second-order valence-corrected chi connectivity index (χ2v) is 8.31. The van der Waals surface area contributed by atoms with E-state index in [9.17, 15) is 22.8 Å². The van der Waals surface area contributed by atoms with Gasteiger partial charge in [0.2, 0.25) is 5.91 Å². The van der Waals surface area contributed by atoms with E-state index in [1.165, 1.54) is 4.68 Å². The molecule has 3 amide bonds. The van der Waals surface area contributed by atoms with Crippen molar-refractivity contribution < 1.29 is 22.8 Å². The second kappa shape index (κ2) is 10.5. The number of benzene rings is 3. The first-order valence-electron chi connectivity index (χ1n) is 11.4. The van der Waals surface area contributed by atoms with Crippen molar-refractivity contribution in [2.24, 2.45) is 5.73 Å².